The first kappa shape index (κ1) is 27.2. The first-order valence-electron chi connectivity index (χ1n) is 12.7. The Balaban J connectivity index is 2.06. The number of methoxy groups -OCH3 is 3. The number of hydrogen-bond acceptors (Lipinski definition) is 6. The predicted molar refractivity (Wildman–Crippen MR) is 151 cm³/mol. The van der Waals surface area contributed by atoms with Gasteiger partial charge in [-0.3, -0.25) is 0 Å². The number of benzene rings is 3. The van der Waals surface area contributed by atoms with Crippen LogP contribution in [0.25, 0.3) is 11.1 Å². The number of aromatic nitrogens is 1. The number of hydrogen-bond donors (Lipinski definition) is 1. The number of aliphatic hydroxyl groups is 1. The van der Waals surface area contributed by atoms with Crippen molar-refractivity contribution in [1.29, 1.82) is 0 Å². The molecular formula is C32H36N2O4. The summed E-state index contributed by atoms with van der Waals surface area (Å²) in [5, 5.41) is 12.9. The number of rotatable bonds is 11. The molecule has 1 heterocycles. The van der Waals surface area contributed by atoms with E-state index in [-0.39, 0.29) is 0 Å². The molecule has 38 heavy (non-hydrogen) atoms. The Morgan fingerprint density at radius 1 is 0.789 bits per heavy atom. The van der Waals surface area contributed by atoms with Gasteiger partial charge in [0.2, 0.25) is 5.88 Å². The van der Waals surface area contributed by atoms with E-state index < -0.39 is 11.5 Å². The molecule has 0 radical (unpaired) electrons. The van der Waals surface area contributed by atoms with Crippen LogP contribution in [-0.4, -0.2) is 57.0 Å². The maximum atomic E-state index is 12.9. The first-order valence-corrected chi connectivity index (χ1v) is 12.7. The zero-order valence-corrected chi connectivity index (χ0v) is 22.7. The lowest BCUT2D eigenvalue weighted by atomic mass is 9.71. The van der Waals surface area contributed by atoms with Crippen molar-refractivity contribution in [2.45, 2.75) is 17.9 Å². The van der Waals surface area contributed by atoms with Crippen LogP contribution >= 0.6 is 0 Å². The fourth-order valence-electron chi connectivity index (χ4n) is 5.03. The molecule has 0 saturated heterocycles. The van der Waals surface area contributed by atoms with Crippen LogP contribution in [0.5, 0.6) is 17.4 Å². The van der Waals surface area contributed by atoms with Gasteiger partial charge in [-0.05, 0) is 43.8 Å². The Kier molecular flexibility index (Phi) is 8.66. The smallest absolute Gasteiger partial charge is 0.217 e. The second-order valence-corrected chi connectivity index (χ2v) is 9.55. The standard InChI is InChI=1S/C32H36N2O4/c1-34(2)20-19-32(35,25-15-10-7-11-16-25)29(26-17-12-18-28(36-3)30(26)37-4)27-21-24(22-33-31(27)38-5)23-13-8-6-9-14-23/h6-18,21-22,29,35H,19-20H2,1-5H3. The van der Waals surface area contributed by atoms with Crippen molar-refractivity contribution >= 4 is 0 Å². The van der Waals surface area contributed by atoms with E-state index >= 15 is 0 Å². The molecule has 0 saturated carbocycles. The van der Waals surface area contributed by atoms with Gasteiger partial charge in [0.05, 0.1) is 27.2 Å². The van der Waals surface area contributed by atoms with Crippen LogP contribution in [0.1, 0.15) is 29.0 Å². The summed E-state index contributed by atoms with van der Waals surface area (Å²) in [6.07, 6.45) is 2.26. The summed E-state index contributed by atoms with van der Waals surface area (Å²) in [6, 6.07) is 27.7. The molecule has 0 aliphatic carbocycles. The normalized spacial score (nSPS) is 13.6. The van der Waals surface area contributed by atoms with Gasteiger partial charge in [0.25, 0.3) is 0 Å². The third-order valence-corrected chi connectivity index (χ3v) is 6.93. The van der Waals surface area contributed by atoms with E-state index in [1.807, 2.05) is 93.0 Å². The van der Waals surface area contributed by atoms with E-state index in [1.54, 1.807) is 27.5 Å². The molecule has 0 aliphatic heterocycles. The maximum Gasteiger partial charge on any atom is 0.217 e. The lowest BCUT2D eigenvalue weighted by Gasteiger charge is -2.39. The monoisotopic (exact) mass is 512 g/mol. The molecule has 1 N–H and O–H groups in total. The highest BCUT2D eigenvalue weighted by atomic mass is 16.5. The van der Waals surface area contributed by atoms with Gasteiger partial charge in [-0.2, -0.15) is 0 Å². The molecule has 6 nitrogen and oxygen atoms in total. The van der Waals surface area contributed by atoms with Gasteiger partial charge in [-0.25, -0.2) is 4.98 Å². The molecule has 4 aromatic rings. The summed E-state index contributed by atoms with van der Waals surface area (Å²) < 4.78 is 17.4. The quantitative estimate of drug-likeness (QED) is 0.276. The number of nitrogens with zero attached hydrogens (tertiary/aromatic N) is 2. The van der Waals surface area contributed by atoms with Crippen molar-refractivity contribution in [1.82, 2.24) is 9.88 Å². The summed E-state index contributed by atoms with van der Waals surface area (Å²) >= 11 is 0. The highest BCUT2D eigenvalue weighted by Crippen LogP contribution is 2.51. The molecule has 2 atom stereocenters. The number of para-hydroxylation sites is 1. The largest absolute Gasteiger partial charge is 0.493 e. The second-order valence-electron chi connectivity index (χ2n) is 9.55. The van der Waals surface area contributed by atoms with Crippen LogP contribution < -0.4 is 14.2 Å². The fourth-order valence-corrected chi connectivity index (χ4v) is 5.03. The third-order valence-electron chi connectivity index (χ3n) is 6.93. The molecule has 3 aromatic carbocycles. The zero-order valence-electron chi connectivity index (χ0n) is 22.7. The van der Waals surface area contributed by atoms with Crippen LogP contribution in [0.3, 0.4) is 0 Å². The molecular weight excluding hydrogens is 476 g/mol. The molecule has 6 heteroatoms. The SMILES string of the molecule is COc1cccc(C(c2cc(-c3ccccc3)cnc2OC)C(O)(CCN(C)C)c2ccccc2)c1OC. The Morgan fingerprint density at radius 2 is 1.47 bits per heavy atom. The fraction of sp³-hybridized carbons (Fsp3) is 0.281. The minimum atomic E-state index is -1.34. The van der Waals surface area contributed by atoms with Gasteiger partial charge in [0.1, 0.15) is 5.60 Å². The van der Waals surface area contributed by atoms with E-state index in [0.717, 1.165) is 27.8 Å². The molecule has 4 rings (SSSR count). The molecule has 0 amide bonds. The minimum Gasteiger partial charge on any atom is -0.493 e. The zero-order chi connectivity index (χ0) is 27.1. The van der Waals surface area contributed by atoms with Gasteiger partial charge in [-0.1, -0.05) is 72.8 Å². The minimum absolute atomic E-state index is 0.443. The van der Waals surface area contributed by atoms with Crippen molar-refractivity contribution in [3.63, 3.8) is 0 Å². The topological polar surface area (TPSA) is 64.0 Å². The Hall–Kier alpha value is -3.87. The molecule has 0 bridgehead atoms. The first-order chi connectivity index (χ1) is 18.4. The lowest BCUT2D eigenvalue weighted by molar-refractivity contribution is 0.00313. The highest BCUT2D eigenvalue weighted by molar-refractivity contribution is 5.66. The van der Waals surface area contributed by atoms with Crippen molar-refractivity contribution in [3.8, 4) is 28.5 Å². The van der Waals surface area contributed by atoms with Crippen LogP contribution in [0.2, 0.25) is 0 Å². The number of pyridine rings is 1. The van der Waals surface area contributed by atoms with Gasteiger partial charge in [0, 0.05) is 29.4 Å². The lowest BCUT2D eigenvalue weighted by Crippen LogP contribution is -2.38. The Labute approximate surface area is 225 Å². The van der Waals surface area contributed by atoms with Gasteiger partial charge in [0.15, 0.2) is 11.5 Å². The van der Waals surface area contributed by atoms with Crippen molar-refractivity contribution < 1.29 is 19.3 Å². The molecule has 1 aromatic heterocycles. The number of ether oxygens (including phenoxy) is 3. The van der Waals surface area contributed by atoms with Gasteiger partial charge < -0.3 is 24.2 Å². The van der Waals surface area contributed by atoms with Crippen molar-refractivity contribution in [2.24, 2.45) is 0 Å². The Bertz CT molecular complexity index is 1330. The second kappa shape index (κ2) is 12.1. The van der Waals surface area contributed by atoms with E-state index in [2.05, 4.69) is 11.0 Å². The van der Waals surface area contributed by atoms with Crippen LogP contribution in [0.15, 0.2) is 91.1 Å². The molecule has 198 valence electrons. The van der Waals surface area contributed by atoms with Crippen molar-refractivity contribution in [3.05, 3.63) is 108 Å². The summed E-state index contributed by atoms with van der Waals surface area (Å²) in [7, 11) is 8.85. The van der Waals surface area contributed by atoms with E-state index in [0.29, 0.717) is 30.3 Å². The van der Waals surface area contributed by atoms with E-state index in [4.69, 9.17) is 19.2 Å². The summed E-state index contributed by atoms with van der Waals surface area (Å²) in [5.74, 6) is 0.996. The summed E-state index contributed by atoms with van der Waals surface area (Å²) in [6.45, 7) is 0.655. The summed E-state index contributed by atoms with van der Waals surface area (Å²) in [4.78, 5) is 6.78. The van der Waals surface area contributed by atoms with Crippen LogP contribution in [0, 0.1) is 0 Å². The predicted octanol–water partition coefficient (Wildman–Crippen LogP) is 5.75. The van der Waals surface area contributed by atoms with E-state index in [9.17, 15) is 5.11 Å². The van der Waals surface area contributed by atoms with Crippen LogP contribution in [-0.2, 0) is 5.60 Å². The van der Waals surface area contributed by atoms with Crippen LogP contribution in [0.4, 0.5) is 0 Å². The summed E-state index contributed by atoms with van der Waals surface area (Å²) in [5.41, 5.74) is 2.94. The van der Waals surface area contributed by atoms with Gasteiger partial charge in [-0.15, -0.1) is 0 Å². The van der Waals surface area contributed by atoms with Crippen molar-refractivity contribution in [2.75, 3.05) is 42.0 Å². The average Bonchev–Trinajstić information content (AvgIpc) is 2.96. The van der Waals surface area contributed by atoms with E-state index in [1.165, 1.54) is 0 Å². The molecule has 0 aliphatic rings. The average molecular weight is 513 g/mol. The Morgan fingerprint density at radius 3 is 2.08 bits per heavy atom. The molecule has 0 spiro atoms. The van der Waals surface area contributed by atoms with Gasteiger partial charge >= 0.3 is 0 Å². The highest BCUT2D eigenvalue weighted by Gasteiger charge is 2.44. The third kappa shape index (κ3) is 5.52. The maximum absolute atomic E-state index is 12.9. The molecule has 2 unspecified atom stereocenters. The molecule has 0 fully saturated rings.